The molecule has 1 aliphatic heterocycles. The topological polar surface area (TPSA) is 94.2 Å². The maximum Gasteiger partial charge on any atom is 0.254 e. The number of amides is 1. The molecule has 2 N–H and O–H groups in total. The SMILES string of the molecule is CC1Oc2cc(cnc2N)-c2c(cnc3cccnc23)CN(C)C(=O)c2ccc(F)cc21. The molecule has 1 amide bonds. The van der Waals surface area contributed by atoms with Gasteiger partial charge >= 0.3 is 0 Å². The van der Waals surface area contributed by atoms with Crippen LogP contribution in [-0.4, -0.2) is 32.8 Å². The summed E-state index contributed by atoms with van der Waals surface area (Å²) in [4.78, 5) is 28.3. The van der Waals surface area contributed by atoms with Crippen molar-refractivity contribution in [1.82, 2.24) is 19.9 Å². The third-order valence-corrected chi connectivity index (χ3v) is 5.61. The molecule has 4 aromatic rings. The summed E-state index contributed by atoms with van der Waals surface area (Å²) in [7, 11) is 1.70. The average molecular weight is 429 g/mol. The van der Waals surface area contributed by atoms with Crippen LogP contribution in [0.3, 0.4) is 0 Å². The molecule has 0 radical (unpaired) electrons. The second-order valence-electron chi connectivity index (χ2n) is 7.79. The summed E-state index contributed by atoms with van der Waals surface area (Å²) in [5.74, 6) is -0.156. The van der Waals surface area contributed by atoms with Gasteiger partial charge in [-0.15, -0.1) is 0 Å². The number of anilines is 1. The van der Waals surface area contributed by atoms with Gasteiger partial charge < -0.3 is 15.4 Å². The maximum atomic E-state index is 14.1. The highest BCUT2D eigenvalue weighted by Crippen LogP contribution is 2.36. The molecule has 0 saturated heterocycles. The van der Waals surface area contributed by atoms with Crippen LogP contribution in [0.1, 0.15) is 34.5 Å². The van der Waals surface area contributed by atoms with Crippen LogP contribution < -0.4 is 10.5 Å². The molecule has 0 saturated carbocycles. The first kappa shape index (κ1) is 19.9. The van der Waals surface area contributed by atoms with Crippen molar-refractivity contribution in [3.63, 3.8) is 0 Å². The smallest absolute Gasteiger partial charge is 0.254 e. The predicted molar refractivity (Wildman–Crippen MR) is 118 cm³/mol. The van der Waals surface area contributed by atoms with E-state index in [0.29, 0.717) is 22.4 Å². The minimum atomic E-state index is -0.636. The van der Waals surface area contributed by atoms with Crippen LogP contribution in [0.15, 0.2) is 55.0 Å². The molecule has 1 aromatic carbocycles. The number of fused-ring (bicyclic) bond motifs is 7. The molecule has 4 heterocycles. The van der Waals surface area contributed by atoms with Crippen molar-refractivity contribution < 1.29 is 13.9 Å². The summed E-state index contributed by atoms with van der Waals surface area (Å²) in [5, 5.41) is 0. The molecular weight excluding hydrogens is 409 g/mol. The number of halogens is 1. The molecule has 160 valence electrons. The number of hydrogen-bond donors (Lipinski definition) is 1. The van der Waals surface area contributed by atoms with Crippen molar-refractivity contribution in [2.75, 3.05) is 12.8 Å². The zero-order chi connectivity index (χ0) is 22.4. The normalized spacial score (nSPS) is 15.9. The molecular formula is C24H20FN5O2. The first-order valence-electron chi connectivity index (χ1n) is 10.1. The number of hydrogen-bond acceptors (Lipinski definition) is 6. The zero-order valence-corrected chi connectivity index (χ0v) is 17.5. The summed E-state index contributed by atoms with van der Waals surface area (Å²) in [6.07, 6.45) is 4.45. The van der Waals surface area contributed by atoms with E-state index in [1.54, 1.807) is 43.5 Å². The van der Waals surface area contributed by atoms with E-state index in [9.17, 15) is 9.18 Å². The Kier molecular flexibility index (Phi) is 4.70. The Hall–Kier alpha value is -4.07. The molecule has 8 heteroatoms. The van der Waals surface area contributed by atoms with E-state index < -0.39 is 11.9 Å². The van der Waals surface area contributed by atoms with E-state index in [1.807, 2.05) is 12.1 Å². The van der Waals surface area contributed by atoms with E-state index in [1.165, 1.54) is 18.2 Å². The van der Waals surface area contributed by atoms with Crippen molar-refractivity contribution in [1.29, 1.82) is 0 Å². The molecule has 1 aliphatic rings. The van der Waals surface area contributed by atoms with Crippen molar-refractivity contribution in [3.05, 3.63) is 77.5 Å². The third-order valence-electron chi connectivity index (χ3n) is 5.61. The number of benzene rings is 1. The summed E-state index contributed by atoms with van der Waals surface area (Å²) in [6.45, 7) is 2.03. The lowest BCUT2D eigenvalue weighted by Crippen LogP contribution is -2.28. The molecule has 2 bridgehead atoms. The molecule has 0 spiro atoms. The predicted octanol–water partition coefficient (Wildman–Crippen LogP) is 4.14. The second kappa shape index (κ2) is 7.56. The molecule has 32 heavy (non-hydrogen) atoms. The fraction of sp³-hybridized carbons (Fsp3) is 0.167. The molecule has 0 aliphatic carbocycles. The van der Waals surface area contributed by atoms with Gasteiger partial charge in [-0.25, -0.2) is 9.37 Å². The molecule has 1 unspecified atom stereocenters. The van der Waals surface area contributed by atoms with Crippen LogP contribution >= 0.6 is 0 Å². The van der Waals surface area contributed by atoms with Crippen LogP contribution in [0.25, 0.3) is 22.2 Å². The van der Waals surface area contributed by atoms with Gasteiger partial charge in [-0.3, -0.25) is 14.8 Å². The van der Waals surface area contributed by atoms with Crippen molar-refractivity contribution in [3.8, 4) is 16.9 Å². The Morgan fingerprint density at radius 3 is 2.84 bits per heavy atom. The number of pyridine rings is 3. The molecule has 0 fully saturated rings. The number of rotatable bonds is 0. The van der Waals surface area contributed by atoms with Gasteiger partial charge in [0.05, 0.1) is 11.0 Å². The molecule has 1 atom stereocenters. The summed E-state index contributed by atoms with van der Waals surface area (Å²) in [6, 6.07) is 9.57. The quantitative estimate of drug-likeness (QED) is 0.452. The monoisotopic (exact) mass is 429 g/mol. The number of carbonyl (C=O) groups excluding carboxylic acids is 1. The number of aromatic nitrogens is 3. The van der Waals surface area contributed by atoms with Crippen molar-refractivity contribution >= 4 is 22.8 Å². The van der Waals surface area contributed by atoms with E-state index in [2.05, 4.69) is 15.0 Å². The van der Waals surface area contributed by atoms with E-state index in [4.69, 9.17) is 10.5 Å². The molecule has 5 rings (SSSR count). The zero-order valence-electron chi connectivity index (χ0n) is 17.5. The van der Waals surface area contributed by atoms with Gasteiger partial charge in [0, 0.05) is 54.4 Å². The van der Waals surface area contributed by atoms with Crippen molar-refractivity contribution in [2.45, 2.75) is 19.6 Å². The Labute approximate surface area is 183 Å². The lowest BCUT2D eigenvalue weighted by Gasteiger charge is -2.25. The average Bonchev–Trinajstić information content (AvgIpc) is 2.79. The van der Waals surface area contributed by atoms with Gasteiger partial charge in [0.15, 0.2) is 11.6 Å². The van der Waals surface area contributed by atoms with Gasteiger partial charge in [-0.2, -0.15) is 0 Å². The minimum Gasteiger partial charge on any atom is -0.482 e. The fourth-order valence-corrected chi connectivity index (χ4v) is 4.04. The van der Waals surface area contributed by atoms with Crippen LogP contribution in [-0.2, 0) is 6.54 Å². The van der Waals surface area contributed by atoms with Gasteiger partial charge in [-0.05, 0) is 48.9 Å². The number of nitrogens with two attached hydrogens (primary N) is 1. The Balaban J connectivity index is 1.78. The largest absolute Gasteiger partial charge is 0.482 e. The first-order valence-corrected chi connectivity index (χ1v) is 10.1. The minimum absolute atomic E-state index is 0.201. The van der Waals surface area contributed by atoms with Crippen molar-refractivity contribution in [2.24, 2.45) is 0 Å². The van der Waals surface area contributed by atoms with Crippen LogP contribution in [0.2, 0.25) is 0 Å². The number of ether oxygens (including phenoxy) is 1. The Bertz CT molecular complexity index is 1370. The van der Waals surface area contributed by atoms with Crippen LogP contribution in [0.5, 0.6) is 5.75 Å². The highest BCUT2D eigenvalue weighted by Gasteiger charge is 2.25. The Morgan fingerprint density at radius 2 is 2.00 bits per heavy atom. The Morgan fingerprint density at radius 1 is 1.16 bits per heavy atom. The standard InChI is InChI=1S/C24H20FN5O2/c1-13-18-9-16(25)5-6-17(18)24(31)30(2)12-15-11-28-19-4-3-7-27-22(19)21(15)14-8-20(32-13)23(26)29-10-14/h3-11,13H,12H2,1-2H3,(H2,26,29). The summed E-state index contributed by atoms with van der Waals surface area (Å²) in [5.41, 5.74) is 10.6. The summed E-state index contributed by atoms with van der Waals surface area (Å²) >= 11 is 0. The van der Waals surface area contributed by atoms with E-state index in [0.717, 1.165) is 22.2 Å². The first-order chi connectivity index (χ1) is 15.4. The number of nitrogen functional groups attached to an aromatic ring is 1. The van der Waals surface area contributed by atoms with Gasteiger partial charge in [0.25, 0.3) is 5.91 Å². The molecule has 7 nitrogen and oxygen atoms in total. The number of nitrogens with zero attached hydrogens (tertiary/aromatic N) is 4. The third kappa shape index (κ3) is 3.30. The van der Waals surface area contributed by atoms with Crippen LogP contribution in [0, 0.1) is 5.82 Å². The highest BCUT2D eigenvalue weighted by atomic mass is 19.1. The maximum absolute atomic E-state index is 14.1. The van der Waals surface area contributed by atoms with Gasteiger partial charge in [0.2, 0.25) is 0 Å². The van der Waals surface area contributed by atoms with Gasteiger partial charge in [0.1, 0.15) is 11.9 Å². The molecule has 3 aromatic heterocycles. The van der Waals surface area contributed by atoms with Gasteiger partial charge in [-0.1, -0.05) is 0 Å². The van der Waals surface area contributed by atoms with E-state index >= 15 is 0 Å². The van der Waals surface area contributed by atoms with E-state index in [-0.39, 0.29) is 18.3 Å². The lowest BCUT2D eigenvalue weighted by molar-refractivity contribution is 0.0780. The van der Waals surface area contributed by atoms with Crippen LogP contribution in [0.4, 0.5) is 10.2 Å². The second-order valence-corrected chi connectivity index (χ2v) is 7.79. The highest BCUT2D eigenvalue weighted by molar-refractivity contribution is 5.97. The summed E-state index contributed by atoms with van der Waals surface area (Å²) < 4.78 is 20.1. The fourth-order valence-electron chi connectivity index (χ4n) is 4.04. The number of carbonyl (C=O) groups is 1. The lowest BCUT2D eigenvalue weighted by atomic mass is 9.98.